The van der Waals surface area contributed by atoms with Crippen LogP contribution < -0.4 is 0 Å². The molecule has 62 valence electrons. The van der Waals surface area contributed by atoms with Crippen molar-refractivity contribution in [2.24, 2.45) is 0 Å². The molecule has 1 aromatic rings. The molecule has 0 amide bonds. The number of rotatable bonds is 2. The fourth-order valence-electron chi connectivity index (χ4n) is 1.16. The number of hydrogen-bond donors (Lipinski definition) is 1. The zero-order chi connectivity index (χ0) is 8.43. The Morgan fingerprint density at radius 3 is 2.55 bits per heavy atom. The molecule has 0 aliphatic carbocycles. The molecule has 3 heteroatoms. The first-order chi connectivity index (χ1) is 5.11. The van der Waals surface area contributed by atoms with E-state index in [1.54, 1.807) is 0 Å². The van der Waals surface area contributed by atoms with Crippen LogP contribution >= 0.6 is 11.6 Å². The van der Waals surface area contributed by atoms with Gasteiger partial charge in [0.05, 0.1) is 5.69 Å². The van der Waals surface area contributed by atoms with Crippen LogP contribution in [-0.4, -0.2) is 15.6 Å². The molecule has 0 aromatic carbocycles. The highest BCUT2D eigenvalue weighted by atomic mass is 35.5. The van der Waals surface area contributed by atoms with Gasteiger partial charge in [-0.2, -0.15) is 5.10 Å². The number of nitrogens with zero attached hydrogens (tertiary/aromatic N) is 1. The van der Waals surface area contributed by atoms with Gasteiger partial charge in [-0.15, -0.1) is 11.6 Å². The molecular weight excluding hydrogens is 160 g/mol. The third kappa shape index (κ3) is 1.96. The first kappa shape index (κ1) is 8.60. The van der Waals surface area contributed by atoms with Crippen LogP contribution in [0.2, 0.25) is 0 Å². The zero-order valence-electron chi connectivity index (χ0n) is 7.11. The third-order valence-corrected chi connectivity index (χ3v) is 1.92. The molecule has 1 heterocycles. The van der Waals surface area contributed by atoms with Gasteiger partial charge < -0.3 is 0 Å². The standard InChI is InChI=1S/C8H13ClN2/c1-5(9)4-8-6(2)10-11-7(8)3/h5H,4H2,1-3H3,(H,10,11). The summed E-state index contributed by atoms with van der Waals surface area (Å²) in [7, 11) is 0. The quantitative estimate of drug-likeness (QED) is 0.681. The Hall–Kier alpha value is -0.500. The number of nitrogens with one attached hydrogen (secondary N) is 1. The van der Waals surface area contributed by atoms with E-state index >= 15 is 0 Å². The smallest absolute Gasteiger partial charge is 0.0626 e. The highest BCUT2D eigenvalue weighted by Crippen LogP contribution is 2.13. The summed E-state index contributed by atoms with van der Waals surface area (Å²) in [6, 6.07) is 0. The van der Waals surface area contributed by atoms with Crippen molar-refractivity contribution in [1.29, 1.82) is 0 Å². The number of aromatic amines is 1. The zero-order valence-corrected chi connectivity index (χ0v) is 7.87. The minimum absolute atomic E-state index is 0.185. The number of alkyl halides is 1. The van der Waals surface area contributed by atoms with Crippen molar-refractivity contribution in [2.75, 3.05) is 0 Å². The van der Waals surface area contributed by atoms with Crippen molar-refractivity contribution < 1.29 is 0 Å². The Bertz CT molecular complexity index is 221. The van der Waals surface area contributed by atoms with Gasteiger partial charge in [-0.25, -0.2) is 0 Å². The molecular formula is C8H13ClN2. The number of hydrogen-bond acceptors (Lipinski definition) is 1. The third-order valence-electron chi connectivity index (χ3n) is 1.77. The largest absolute Gasteiger partial charge is 0.282 e. The summed E-state index contributed by atoms with van der Waals surface area (Å²) < 4.78 is 0. The summed E-state index contributed by atoms with van der Waals surface area (Å²) in [5.74, 6) is 0. The fourth-order valence-corrected chi connectivity index (χ4v) is 1.31. The van der Waals surface area contributed by atoms with E-state index in [1.807, 2.05) is 20.8 Å². The van der Waals surface area contributed by atoms with Gasteiger partial charge in [0.1, 0.15) is 0 Å². The van der Waals surface area contributed by atoms with E-state index < -0.39 is 0 Å². The van der Waals surface area contributed by atoms with E-state index in [1.165, 1.54) is 5.56 Å². The maximum atomic E-state index is 5.87. The highest BCUT2D eigenvalue weighted by Gasteiger charge is 2.08. The van der Waals surface area contributed by atoms with Gasteiger partial charge in [-0.1, -0.05) is 0 Å². The topological polar surface area (TPSA) is 28.7 Å². The maximum Gasteiger partial charge on any atom is 0.0626 e. The van der Waals surface area contributed by atoms with Crippen LogP contribution in [0.3, 0.4) is 0 Å². The molecule has 1 atom stereocenters. The molecule has 0 aliphatic heterocycles. The molecule has 0 saturated carbocycles. The Balaban J connectivity index is 2.83. The second kappa shape index (κ2) is 3.26. The van der Waals surface area contributed by atoms with Crippen LogP contribution in [0.15, 0.2) is 0 Å². The normalized spacial score (nSPS) is 13.5. The Kier molecular flexibility index (Phi) is 2.55. The van der Waals surface area contributed by atoms with Crippen molar-refractivity contribution in [1.82, 2.24) is 10.2 Å². The lowest BCUT2D eigenvalue weighted by molar-refractivity contribution is 0.914. The molecule has 0 spiro atoms. The van der Waals surface area contributed by atoms with Crippen LogP contribution in [0.5, 0.6) is 0 Å². The van der Waals surface area contributed by atoms with Crippen molar-refractivity contribution >= 4 is 11.6 Å². The van der Waals surface area contributed by atoms with Crippen molar-refractivity contribution in [2.45, 2.75) is 32.6 Å². The van der Waals surface area contributed by atoms with E-state index in [4.69, 9.17) is 11.6 Å². The summed E-state index contributed by atoms with van der Waals surface area (Å²) in [5, 5.41) is 7.20. The molecule has 0 aliphatic rings. The molecule has 0 bridgehead atoms. The molecule has 11 heavy (non-hydrogen) atoms. The predicted octanol–water partition coefficient (Wildman–Crippen LogP) is 2.20. The van der Waals surface area contributed by atoms with Gasteiger partial charge in [0, 0.05) is 11.1 Å². The molecule has 0 fully saturated rings. The molecule has 1 unspecified atom stereocenters. The second-order valence-electron chi connectivity index (χ2n) is 2.90. The van der Waals surface area contributed by atoms with Gasteiger partial charge in [0.15, 0.2) is 0 Å². The van der Waals surface area contributed by atoms with E-state index in [0.29, 0.717) is 0 Å². The average Bonchev–Trinajstić information content (AvgIpc) is 2.18. The molecule has 1 rings (SSSR count). The summed E-state index contributed by atoms with van der Waals surface area (Å²) in [6.45, 7) is 6.01. The van der Waals surface area contributed by atoms with Crippen molar-refractivity contribution in [3.63, 3.8) is 0 Å². The van der Waals surface area contributed by atoms with E-state index in [9.17, 15) is 0 Å². The maximum absolute atomic E-state index is 5.87. The predicted molar refractivity (Wildman–Crippen MR) is 47.1 cm³/mol. The monoisotopic (exact) mass is 172 g/mol. The van der Waals surface area contributed by atoms with Crippen molar-refractivity contribution in [3.8, 4) is 0 Å². The van der Waals surface area contributed by atoms with Crippen LogP contribution in [0.25, 0.3) is 0 Å². The van der Waals surface area contributed by atoms with Gasteiger partial charge in [-0.05, 0) is 32.8 Å². The summed E-state index contributed by atoms with van der Waals surface area (Å²) in [6.07, 6.45) is 0.899. The Morgan fingerprint density at radius 2 is 2.18 bits per heavy atom. The molecule has 2 nitrogen and oxygen atoms in total. The molecule has 0 saturated heterocycles. The first-order valence-corrected chi connectivity index (χ1v) is 4.19. The van der Waals surface area contributed by atoms with Crippen LogP contribution in [-0.2, 0) is 6.42 Å². The lowest BCUT2D eigenvalue weighted by atomic mass is 10.1. The van der Waals surface area contributed by atoms with E-state index in [0.717, 1.165) is 17.8 Å². The number of aryl methyl sites for hydroxylation is 2. The van der Waals surface area contributed by atoms with Gasteiger partial charge in [0.2, 0.25) is 0 Å². The molecule has 1 aromatic heterocycles. The molecule has 1 N–H and O–H groups in total. The minimum atomic E-state index is 0.185. The number of halogens is 1. The van der Waals surface area contributed by atoms with Gasteiger partial charge in [-0.3, -0.25) is 5.10 Å². The average molecular weight is 173 g/mol. The summed E-state index contributed by atoms with van der Waals surface area (Å²) >= 11 is 5.87. The SMILES string of the molecule is Cc1n[nH]c(C)c1CC(C)Cl. The van der Waals surface area contributed by atoms with Gasteiger partial charge in [0.25, 0.3) is 0 Å². The number of H-pyrrole nitrogens is 1. The summed E-state index contributed by atoms with van der Waals surface area (Å²) in [4.78, 5) is 0. The van der Waals surface area contributed by atoms with Crippen molar-refractivity contribution in [3.05, 3.63) is 17.0 Å². The summed E-state index contributed by atoms with van der Waals surface area (Å²) in [5.41, 5.74) is 3.46. The van der Waals surface area contributed by atoms with E-state index in [2.05, 4.69) is 10.2 Å². The lowest BCUT2D eigenvalue weighted by Crippen LogP contribution is -1.99. The lowest BCUT2D eigenvalue weighted by Gasteiger charge is -2.01. The second-order valence-corrected chi connectivity index (χ2v) is 3.64. The first-order valence-electron chi connectivity index (χ1n) is 3.75. The fraction of sp³-hybridized carbons (Fsp3) is 0.625. The Morgan fingerprint density at radius 1 is 1.55 bits per heavy atom. The minimum Gasteiger partial charge on any atom is -0.282 e. The highest BCUT2D eigenvalue weighted by molar-refractivity contribution is 6.20. The number of aromatic nitrogens is 2. The van der Waals surface area contributed by atoms with Crippen LogP contribution in [0, 0.1) is 13.8 Å². The van der Waals surface area contributed by atoms with E-state index in [-0.39, 0.29) is 5.38 Å². The van der Waals surface area contributed by atoms with Crippen LogP contribution in [0.1, 0.15) is 23.9 Å². The molecule has 0 radical (unpaired) electrons. The Labute approximate surface area is 72.0 Å². The van der Waals surface area contributed by atoms with Gasteiger partial charge >= 0.3 is 0 Å². The van der Waals surface area contributed by atoms with Crippen LogP contribution in [0.4, 0.5) is 0 Å².